The van der Waals surface area contributed by atoms with Crippen molar-refractivity contribution < 1.29 is 9.53 Å². The van der Waals surface area contributed by atoms with Gasteiger partial charge in [0.2, 0.25) is 0 Å². The molecule has 86 valence electrons. The van der Waals surface area contributed by atoms with Gasteiger partial charge >= 0.3 is 5.97 Å². The first-order chi connectivity index (χ1) is 7.77. The number of benzene rings is 1. The van der Waals surface area contributed by atoms with E-state index in [0.29, 0.717) is 12.5 Å². The minimum atomic E-state index is -0.433. The van der Waals surface area contributed by atoms with E-state index in [1.807, 2.05) is 30.3 Å². The maximum Gasteiger partial charge on any atom is 0.323 e. The molecule has 0 amide bonds. The van der Waals surface area contributed by atoms with Crippen LogP contribution < -0.4 is 5.73 Å². The van der Waals surface area contributed by atoms with Crippen molar-refractivity contribution in [3.63, 3.8) is 0 Å². The standard InChI is InChI=1S/C13H17NO2/c14-12(11-7-4-8-11)13(15)16-9-10-5-2-1-3-6-10/h1-3,5-6,11-12H,4,7-9,14H2. The monoisotopic (exact) mass is 219 g/mol. The lowest BCUT2D eigenvalue weighted by atomic mass is 9.80. The molecule has 1 aromatic carbocycles. The van der Waals surface area contributed by atoms with E-state index >= 15 is 0 Å². The first-order valence-electron chi connectivity index (χ1n) is 5.73. The highest BCUT2D eigenvalue weighted by atomic mass is 16.5. The van der Waals surface area contributed by atoms with Crippen molar-refractivity contribution in [1.82, 2.24) is 0 Å². The Balaban J connectivity index is 1.79. The molecule has 0 heterocycles. The lowest BCUT2D eigenvalue weighted by Crippen LogP contribution is -2.42. The van der Waals surface area contributed by atoms with Gasteiger partial charge in [0.1, 0.15) is 12.6 Å². The van der Waals surface area contributed by atoms with Crippen LogP contribution in [-0.4, -0.2) is 12.0 Å². The van der Waals surface area contributed by atoms with Crippen molar-refractivity contribution in [2.45, 2.75) is 31.9 Å². The van der Waals surface area contributed by atoms with E-state index in [0.717, 1.165) is 18.4 Å². The molecule has 1 atom stereocenters. The lowest BCUT2D eigenvalue weighted by molar-refractivity contribution is -0.148. The number of rotatable bonds is 4. The largest absolute Gasteiger partial charge is 0.460 e. The number of ether oxygens (including phenoxy) is 1. The molecule has 1 fully saturated rings. The van der Waals surface area contributed by atoms with Crippen LogP contribution in [0.1, 0.15) is 24.8 Å². The van der Waals surface area contributed by atoms with Gasteiger partial charge in [0.05, 0.1) is 0 Å². The van der Waals surface area contributed by atoms with Crippen molar-refractivity contribution in [3.05, 3.63) is 35.9 Å². The first kappa shape index (κ1) is 11.1. The Labute approximate surface area is 95.6 Å². The summed E-state index contributed by atoms with van der Waals surface area (Å²) in [7, 11) is 0. The van der Waals surface area contributed by atoms with Gasteiger partial charge in [-0.1, -0.05) is 36.8 Å². The number of carbonyl (C=O) groups excluding carboxylic acids is 1. The van der Waals surface area contributed by atoms with Crippen LogP contribution in [0.25, 0.3) is 0 Å². The molecule has 0 saturated heterocycles. The van der Waals surface area contributed by atoms with E-state index < -0.39 is 6.04 Å². The van der Waals surface area contributed by atoms with Crippen LogP contribution in [0.3, 0.4) is 0 Å². The van der Waals surface area contributed by atoms with Crippen LogP contribution in [-0.2, 0) is 16.1 Å². The molecule has 0 spiro atoms. The number of hydrogen-bond acceptors (Lipinski definition) is 3. The molecule has 0 aromatic heterocycles. The number of carbonyl (C=O) groups is 1. The molecular weight excluding hydrogens is 202 g/mol. The molecule has 3 heteroatoms. The third-order valence-electron chi connectivity index (χ3n) is 3.15. The summed E-state index contributed by atoms with van der Waals surface area (Å²) in [5.41, 5.74) is 6.81. The molecule has 16 heavy (non-hydrogen) atoms. The van der Waals surface area contributed by atoms with Gasteiger partial charge in [-0.25, -0.2) is 0 Å². The summed E-state index contributed by atoms with van der Waals surface area (Å²) < 4.78 is 5.18. The van der Waals surface area contributed by atoms with Crippen LogP contribution in [0.15, 0.2) is 30.3 Å². The van der Waals surface area contributed by atoms with E-state index in [-0.39, 0.29) is 5.97 Å². The molecule has 1 saturated carbocycles. The fraction of sp³-hybridized carbons (Fsp3) is 0.462. The number of hydrogen-bond donors (Lipinski definition) is 1. The van der Waals surface area contributed by atoms with Crippen molar-refractivity contribution >= 4 is 5.97 Å². The third kappa shape index (κ3) is 2.61. The molecule has 0 bridgehead atoms. The summed E-state index contributed by atoms with van der Waals surface area (Å²) in [6, 6.07) is 9.22. The molecule has 0 aliphatic heterocycles. The predicted molar refractivity (Wildman–Crippen MR) is 61.6 cm³/mol. The van der Waals surface area contributed by atoms with Gasteiger partial charge in [-0.15, -0.1) is 0 Å². The second-order valence-corrected chi connectivity index (χ2v) is 4.31. The Morgan fingerprint density at radius 3 is 2.62 bits per heavy atom. The summed E-state index contributed by atoms with van der Waals surface area (Å²) >= 11 is 0. The number of nitrogens with two attached hydrogens (primary N) is 1. The Kier molecular flexibility index (Phi) is 3.57. The summed E-state index contributed by atoms with van der Waals surface area (Å²) in [5.74, 6) is 0.0665. The van der Waals surface area contributed by atoms with Gasteiger partial charge in [-0.3, -0.25) is 4.79 Å². The molecule has 3 nitrogen and oxygen atoms in total. The van der Waals surface area contributed by atoms with Gasteiger partial charge in [0.25, 0.3) is 0 Å². The topological polar surface area (TPSA) is 52.3 Å². The zero-order chi connectivity index (χ0) is 11.4. The Morgan fingerprint density at radius 1 is 1.38 bits per heavy atom. The zero-order valence-corrected chi connectivity index (χ0v) is 9.26. The summed E-state index contributed by atoms with van der Waals surface area (Å²) in [6.45, 7) is 0.320. The molecule has 1 aliphatic carbocycles. The van der Waals surface area contributed by atoms with Crippen molar-refractivity contribution in [2.24, 2.45) is 11.7 Å². The van der Waals surface area contributed by atoms with Gasteiger partial charge in [0, 0.05) is 0 Å². The highest BCUT2D eigenvalue weighted by Crippen LogP contribution is 2.29. The van der Waals surface area contributed by atoms with E-state index in [2.05, 4.69) is 0 Å². The Hall–Kier alpha value is -1.35. The molecular formula is C13H17NO2. The molecule has 1 aromatic rings. The van der Waals surface area contributed by atoms with Gasteiger partial charge in [0.15, 0.2) is 0 Å². The number of esters is 1. The second kappa shape index (κ2) is 5.12. The predicted octanol–water partition coefficient (Wildman–Crippen LogP) is 1.86. The van der Waals surface area contributed by atoms with E-state index in [1.165, 1.54) is 6.42 Å². The average molecular weight is 219 g/mol. The molecule has 2 rings (SSSR count). The SMILES string of the molecule is NC(C(=O)OCc1ccccc1)C1CCC1. The highest BCUT2D eigenvalue weighted by Gasteiger charge is 2.30. The normalized spacial score (nSPS) is 17.6. The third-order valence-corrected chi connectivity index (χ3v) is 3.15. The van der Waals surface area contributed by atoms with E-state index in [1.54, 1.807) is 0 Å². The smallest absolute Gasteiger partial charge is 0.323 e. The van der Waals surface area contributed by atoms with Crippen LogP contribution in [0.2, 0.25) is 0 Å². The van der Waals surface area contributed by atoms with Crippen LogP contribution in [0.5, 0.6) is 0 Å². The van der Waals surface area contributed by atoms with Crippen LogP contribution in [0, 0.1) is 5.92 Å². The quantitative estimate of drug-likeness (QED) is 0.786. The molecule has 0 radical (unpaired) electrons. The fourth-order valence-corrected chi connectivity index (χ4v) is 1.82. The maximum atomic E-state index is 11.6. The summed E-state index contributed by atoms with van der Waals surface area (Å²) in [5, 5.41) is 0. The fourth-order valence-electron chi connectivity index (χ4n) is 1.82. The summed E-state index contributed by atoms with van der Waals surface area (Å²) in [6.07, 6.45) is 3.30. The molecule has 1 unspecified atom stereocenters. The lowest BCUT2D eigenvalue weighted by Gasteiger charge is -2.29. The minimum Gasteiger partial charge on any atom is -0.460 e. The second-order valence-electron chi connectivity index (χ2n) is 4.31. The maximum absolute atomic E-state index is 11.6. The summed E-state index contributed by atoms with van der Waals surface area (Å²) in [4.78, 5) is 11.6. The van der Waals surface area contributed by atoms with Crippen molar-refractivity contribution in [1.29, 1.82) is 0 Å². The molecule has 1 aliphatic rings. The van der Waals surface area contributed by atoms with Gasteiger partial charge in [-0.2, -0.15) is 0 Å². The Bertz CT molecular complexity index is 346. The zero-order valence-electron chi connectivity index (χ0n) is 9.26. The molecule has 2 N–H and O–H groups in total. The van der Waals surface area contributed by atoms with Crippen molar-refractivity contribution in [2.75, 3.05) is 0 Å². The van der Waals surface area contributed by atoms with E-state index in [9.17, 15) is 4.79 Å². The average Bonchev–Trinajstić information content (AvgIpc) is 2.25. The van der Waals surface area contributed by atoms with Crippen LogP contribution in [0.4, 0.5) is 0 Å². The van der Waals surface area contributed by atoms with Crippen molar-refractivity contribution in [3.8, 4) is 0 Å². The van der Waals surface area contributed by atoms with Gasteiger partial charge in [-0.05, 0) is 24.3 Å². The Morgan fingerprint density at radius 2 is 2.06 bits per heavy atom. The highest BCUT2D eigenvalue weighted by molar-refractivity contribution is 5.76. The van der Waals surface area contributed by atoms with E-state index in [4.69, 9.17) is 10.5 Å². The van der Waals surface area contributed by atoms with Gasteiger partial charge < -0.3 is 10.5 Å². The van der Waals surface area contributed by atoms with Crippen LogP contribution >= 0.6 is 0 Å². The minimum absolute atomic E-state index is 0.270. The first-order valence-corrected chi connectivity index (χ1v) is 5.73.